The zero-order chi connectivity index (χ0) is 38.3. The van der Waals surface area contributed by atoms with Crippen molar-refractivity contribution >= 4 is 56.2 Å². The van der Waals surface area contributed by atoms with Crippen LogP contribution >= 0.6 is 0 Å². The van der Waals surface area contributed by atoms with Crippen molar-refractivity contribution in [2.45, 2.75) is 51.1 Å². The van der Waals surface area contributed by atoms with E-state index >= 15 is 0 Å². The molecule has 58 heavy (non-hydrogen) atoms. The molecule has 4 aliphatic rings. The van der Waals surface area contributed by atoms with Gasteiger partial charge in [0.05, 0.1) is 5.52 Å². The molecule has 0 radical (unpaired) electrons. The number of fused-ring (bicyclic) bond motifs is 9. The van der Waals surface area contributed by atoms with Crippen LogP contribution in [0, 0.1) is 0 Å². The van der Waals surface area contributed by atoms with Gasteiger partial charge < -0.3 is 13.9 Å². The molecule has 3 aliphatic carbocycles. The number of nitrogens with zero attached hydrogens (tertiary/aromatic N) is 4. The fourth-order valence-corrected chi connectivity index (χ4v) is 10.2. The van der Waals surface area contributed by atoms with Gasteiger partial charge >= 0.3 is 0 Å². The number of rotatable bonds is 5. The molecule has 6 aromatic carbocycles. The largest absolute Gasteiger partial charge is 0.456 e. The van der Waals surface area contributed by atoms with E-state index in [-0.39, 0.29) is 6.17 Å². The van der Waals surface area contributed by atoms with Crippen LogP contribution in [-0.4, -0.2) is 34.4 Å². The van der Waals surface area contributed by atoms with Crippen molar-refractivity contribution in [1.29, 1.82) is 0 Å². The number of hydrogen-bond donors (Lipinski definition) is 0. The first kappa shape index (κ1) is 33.4. The monoisotopic (exact) mass is 750 g/mol. The molecule has 1 unspecified atom stereocenters. The van der Waals surface area contributed by atoms with Gasteiger partial charge in [0.25, 0.3) is 0 Å². The predicted molar refractivity (Wildman–Crippen MR) is 239 cm³/mol. The molecule has 2 aromatic heterocycles. The highest BCUT2D eigenvalue weighted by atomic mass is 16.3. The highest BCUT2D eigenvalue weighted by Gasteiger charge is 2.33. The summed E-state index contributed by atoms with van der Waals surface area (Å²) in [5, 5.41) is 3.52. The number of allylic oxidation sites excluding steroid dienone is 2. The Hall–Kier alpha value is -6.72. The molecular formula is C53H42N4O. The van der Waals surface area contributed by atoms with Crippen LogP contribution in [0.3, 0.4) is 0 Å². The van der Waals surface area contributed by atoms with Gasteiger partial charge in [0, 0.05) is 51.3 Å². The molecule has 0 bridgehead atoms. The standard InChI is InChI=1S/C53H42N4O/c1-56-52(37-26-28-47-45(31-37)41-20-7-9-23-46(41)57(47)39-18-11-16-34(30-39)33-13-3-2-4-14-33)54-51(44-22-12-17-36-29-35-15-5-6-19-40(35)50(36)44)55-53(56)38-25-27-43-42-21-8-10-24-48(42)58-49(43)32-38/h5-13,15-25,27,30-32,52H,2-4,14,26,28-29H2,1H3. The molecule has 1 aliphatic heterocycles. The first-order valence-electron chi connectivity index (χ1n) is 20.8. The second-order valence-electron chi connectivity index (χ2n) is 16.3. The minimum absolute atomic E-state index is 0.238. The fraction of sp³-hybridized carbons (Fsp3) is 0.170. The molecule has 1 atom stereocenters. The Kier molecular flexibility index (Phi) is 7.59. The lowest BCUT2D eigenvalue weighted by atomic mass is 9.92. The highest BCUT2D eigenvalue weighted by Crippen LogP contribution is 2.42. The molecule has 5 nitrogen and oxygen atoms in total. The van der Waals surface area contributed by atoms with Crippen LogP contribution in [0.2, 0.25) is 0 Å². The summed E-state index contributed by atoms with van der Waals surface area (Å²) >= 11 is 0. The molecule has 3 heterocycles. The Balaban J connectivity index is 1.01. The SMILES string of the molecule is CN1C(c2ccc3c(c2)oc2ccccc23)=NC(c2cccc3c2-c2ccccc2C3)=NC1C1=Cc2c(n(-c3cccc(C4=CCCCC4)c3)c3ccccc23)CC1. The summed E-state index contributed by atoms with van der Waals surface area (Å²) in [5.74, 6) is 1.67. The van der Waals surface area contributed by atoms with E-state index in [0.717, 1.165) is 70.4 Å². The summed E-state index contributed by atoms with van der Waals surface area (Å²) in [6.45, 7) is 0. The Morgan fingerprint density at radius 3 is 2.40 bits per heavy atom. The van der Waals surface area contributed by atoms with Crippen LogP contribution in [-0.2, 0) is 12.8 Å². The fourth-order valence-electron chi connectivity index (χ4n) is 10.2. The molecule has 0 saturated heterocycles. The summed E-state index contributed by atoms with van der Waals surface area (Å²) in [4.78, 5) is 13.4. The van der Waals surface area contributed by atoms with Gasteiger partial charge in [0.2, 0.25) is 0 Å². The maximum atomic E-state index is 6.41. The van der Waals surface area contributed by atoms with E-state index in [1.54, 1.807) is 0 Å². The third-order valence-electron chi connectivity index (χ3n) is 12.9. The van der Waals surface area contributed by atoms with Crippen LogP contribution in [0.4, 0.5) is 0 Å². The van der Waals surface area contributed by atoms with Crippen molar-refractivity contribution < 1.29 is 4.42 Å². The normalized spacial score (nSPS) is 17.5. The van der Waals surface area contributed by atoms with E-state index in [4.69, 9.17) is 14.4 Å². The Labute approximate surface area is 338 Å². The zero-order valence-corrected chi connectivity index (χ0v) is 32.6. The number of furan rings is 1. The lowest BCUT2D eigenvalue weighted by Crippen LogP contribution is -2.42. The van der Waals surface area contributed by atoms with Crippen LogP contribution < -0.4 is 0 Å². The summed E-state index contributed by atoms with van der Waals surface area (Å²) in [5.41, 5.74) is 18.4. The summed E-state index contributed by atoms with van der Waals surface area (Å²) in [7, 11) is 2.16. The first-order valence-corrected chi connectivity index (χ1v) is 20.8. The molecule has 0 saturated carbocycles. The maximum absolute atomic E-state index is 6.41. The smallest absolute Gasteiger partial charge is 0.160 e. The molecule has 8 aromatic rings. The van der Waals surface area contributed by atoms with E-state index in [2.05, 4.69) is 150 Å². The Bertz CT molecular complexity index is 3130. The lowest BCUT2D eigenvalue weighted by molar-refractivity contribution is 0.408. The maximum Gasteiger partial charge on any atom is 0.160 e. The van der Waals surface area contributed by atoms with E-state index in [9.17, 15) is 0 Å². The summed E-state index contributed by atoms with van der Waals surface area (Å²) in [6.07, 6.45) is 12.3. The third-order valence-corrected chi connectivity index (χ3v) is 12.9. The molecule has 280 valence electrons. The van der Waals surface area contributed by atoms with E-state index in [1.807, 2.05) is 12.1 Å². The van der Waals surface area contributed by atoms with Gasteiger partial charge in [-0.05, 0) is 126 Å². The summed E-state index contributed by atoms with van der Waals surface area (Å²) < 4.78 is 8.93. The van der Waals surface area contributed by atoms with Gasteiger partial charge in [-0.2, -0.15) is 0 Å². The number of aliphatic imine (C=N–C) groups is 2. The second kappa shape index (κ2) is 13.2. The number of para-hydroxylation sites is 2. The van der Waals surface area contributed by atoms with Crippen molar-refractivity contribution in [3.63, 3.8) is 0 Å². The number of amidine groups is 2. The van der Waals surface area contributed by atoms with E-state index < -0.39 is 0 Å². The van der Waals surface area contributed by atoms with Gasteiger partial charge in [0.15, 0.2) is 5.84 Å². The Morgan fingerprint density at radius 2 is 1.47 bits per heavy atom. The minimum Gasteiger partial charge on any atom is -0.456 e. The number of benzene rings is 6. The van der Waals surface area contributed by atoms with Crippen LogP contribution in [0.5, 0.6) is 0 Å². The zero-order valence-electron chi connectivity index (χ0n) is 32.6. The quantitative estimate of drug-likeness (QED) is 0.176. The molecule has 0 fully saturated rings. The van der Waals surface area contributed by atoms with Crippen molar-refractivity contribution in [1.82, 2.24) is 9.47 Å². The number of hydrogen-bond acceptors (Lipinski definition) is 4. The molecule has 0 spiro atoms. The minimum atomic E-state index is -0.238. The van der Waals surface area contributed by atoms with Crippen molar-refractivity contribution in [3.8, 4) is 16.8 Å². The highest BCUT2D eigenvalue weighted by molar-refractivity contribution is 6.17. The van der Waals surface area contributed by atoms with Crippen molar-refractivity contribution in [2.24, 2.45) is 9.98 Å². The lowest BCUT2D eigenvalue weighted by Gasteiger charge is -2.35. The molecule has 5 heteroatoms. The van der Waals surface area contributed by atoms with Crippen molar-refractivity contribution in [2.75, 3.05) is 7.05 Å². The van der Waals surface area contributed by atoms with Gasteiger partial charge in [-0.1, -0.05) is 103 Å². The number of likely N-dealkylation sites (N-methyl/N-ethyl adjacent to an activating group) is 1. The average Bonchev–Trinajstić information content (AvgIpc) is 3.96. The van der Waals surface area contributed by atoms with Crippen LogP contribution in [0.25, 0.3) is 61.3 Å². The first-order chi connectivity index (χ1) is 28.7. The second-order valence-corrected chi connectivity index (χ2v) is 16.3. The molecule has 0 N–H and O–H groups in total. The van der Waals surface area contributed by atoms with E-state index in [1.165, 1.54) is 86.1 Å². The molecule has 12 rings (SSSR count). The van der Waals surface area contributed by atoms with Crippen molar-refractivity contribution in [3.05, 3.63) is 184 Å². The van der Waals surface area contributed by atoms with Gasteiger partial charge in [-0.15, -0.1) is 0 Å². The van der Waals surface area contributed by atoms with Crippen LogP contribution in [0.1, 0.15) is 71.2 Å². The van der Waals surface area contributed by atoms with Gasteiger partial charge in [-0.3, -0.25) is 0 Å². The van der Waals surface area contributed by atoms with Gasteiger partial charge in [-0.25, -0.2) is 9.98 Å². The van der Waals surface area contributed by atoms with Crippen LogP contribution in [0.15, 0.2) is 160 Å². The average molecular weight is 751 g/mol. The summed E-state index contributed by atoms with van der Waals surface area (Å²) in [6, 6.07) is 48.4. The molecular weight excluding hydrogens is 709 g/mol. The number of aromatic nitrogens is 1. The molecule has 0 amide bonds. The predicted octanol–water partition coefficient (Wildman–Crippen LogP) is 12.6. The third kappa shape index (κ3) is 5.22. The Morgan fingerprint density at radius 1 is 0.655 bits per heavy atom. The topological polar surface area (TPSA) is 46.0 Å². The van der Waals surface area contributed by atoms with Gasteiger partial charge in [0.1, 0.15) is 23.2 Å². The van der Waals surface area contributed by atoms with E-state index in [0.29, 0.717) is 0 Å².